The summed E-state index contributed by atoms with van der Waals surface area (Å²) in [5.74, 6) is 1.46. The van der Waals surface area contributed by atoms with Crippen molar-refractivity contribution in [3.63, 3.8) is 0 Å². The average molecular weight is 545 g/mol. The molecule has 0 bridgehead atoms. The monoisotopic (exact) mass is 542 g/mol. The van der Waals surface area contributed by atoms with Crippen LogP contribution in [-0.4, -0.2) is 34.3 Å². The van der Waals surface area contributed by atoms with Gasteiger partial charge in [-0.15, -0.1) is 23.2 Å². The first-order chi connectivity index (χ1) is 14.2. The Morgan fingerprint density at radius 1 is 1.03 bits per heavy atom. The van der Waals surface area contributed by atoms with Crippen molar-refractivity contribution >= 4 is 93.0 Å². The van der Waals surface area contributed by atoms with Gasteiger partial charge in [0.05, 0.1) is 25.7 Å². The lowest BCUT2D eigenvalue weighted by atomic mass is 10.1. The van der Waals surface area contributed by atoms with E-state index in [1.807, 2.05) is 6.07 Å². The zero-order valence-corrected chi connectivity index (χ0v) is 20.7. The number of thioether (sulfide) groups is 1. The number of alkyl halides is 2. The molecule has 2 aromatic carbocycles. The van der Waals surface area contributed by atoms with Crippen molar-refractivity contribution < 1.29 is 4.79 Å². The second-order valence-electron chi connectivity index (χ2n) is 7.34. The molecule has 10 heteroatoms. The van der Waals surface area contributed by atoms with Crippen molar-refractivity contribution in [3.8, 4) is 0 Å². The first kappa shape index (κ1) is 23.0. The van der Waals surface area contributed by atoms with Crippen LogP contribution in [0.1, 0.15) is 21.8 Å². The summed E-state index contributed by atoms with van der Waals surface area (Å²) in [6, 6.07) is 8.93. The maximum atomic E-state index is 12.5. The molecule has 0 radical (unpaired) electrons. The number of halogens is 6. The van der Waals surface area contributed by atoms with Gasteiger partial charge in [-0.25, -0.2) is 0 Å². The van der Waals surface area contributed by atoms with Gasteiger partial charge in [-0.1, -0.05) is 46.4 Å². The van der Waals surface area contributed by atoms with E-state index in [2.05, 4.69) is 10.6 Å². The molecule has 2 aromatic rings. The van der Waals surface area contributed by atoms with Gasteiger partial charge < -0.3 is 10.6 Å². The van der Waals surface area contributed by atoms with Crippen molar-refractivity contribution in [1.82, 2.24) is 5.32 Å². The van der Waals surface area contributed by atoms with Crippen molar-refractivity contribution in [2.75, 3.05) is 23.4 Å². The van der Waals surface area contributed by atoms with E-state index in [9.17, 15) is 4.79 Å². The van der Waals surface area contributed by atoms with E-state index in [0.29, 0.717) is 32.2 Å². The Balaban J connectivity index is 1.44. The topological polar surface area (TPSA) is 41.1 Å². The maximum absolute atomic E-state index is 12.5. The van der Waals surface area contributed by atoms with Gasteiger partial charge in [0.2, 0.25) is 0 Å². The largest absolute Gasteiger partial charge is 0.385 e. The first-order valence-electron chi connectivity index (χ1n) is 9.12. The van der Waals surface area contributed by atoms with Crippen LogP contribution in [-0.2, 0) is 0 Å². The Kier molecular flexibility index (Phi) is 6.87. The fraction of sp³-hybridized carbons (Fsp3) is 0.350. The van der Waals surface area contributed by atoms with Crippen molar-refractivity contribution in [2.24, 2.45) is 5.92 Å². The lowest BCUT2D eigenvalue weighted by molar-refractivity contribution is 0.0943. The molecule has 0 spiro atoms. The Morgan fingerprint density at radius 2 is 1.70 bits per heavy atom. The van der Waals surface area contributed by atoms with Crippen molar-refractivity contribution in [1.29, 1.82) is 0 Å². The molecular weight excluding hydrogens is 529 g/mol. The third-order valence-electron chi connectivity index (χ3n) is 5.28. The van der Waals surface area contributed by atoms with E-state index in [0.717, 1.165) is 22.8 Å². The highest BCUT2D eigenvalue weighted by Crippen LogP contribution is 2.65. The number of nitrogens with one attached hydrogen (secondary N) is 2. The fourth-order valence-electron chi connectivity index (χ4n) is 3.47. The van der Waals surface area contributed by atoms with Gasteiger partial charge in [-0.05, 0) is 35.9 Å². The number of carbonyl (C=O) groups excluding carboxylic acids is 1. The van der Waals surface area contributed by atoms with Crippen LogP contribution in [0.4, 0.5) is 5.69 Å². The van der Waals surface area contributed by atoms with Gasteiger partial charge in [0, 0.05) is 41.6 Å². The highest BCUT2D eigenvalue weighted by molar-refractivity contribution is 8.00. The van der Waals surface area contributed by atoms with Crippen molar-refractivity contribution in [3.05, 3.63) is 61.5 Å². The molecule has 1 aliphatic heterocycles. The third kappa shape index (κ3) is 4.61. The SMILES string of the molecule is O=C(NC1CSC1)c1cc(NCC2C(c3cc(Cl)c(Cl)c(Cl)c3)C2(Cl)Cl)ccc1Cl. The summed E-state index contributed by atoms with van der Waals surface area (Å²) in [5.41, 5.74) is 2.03. The third-order valence-corrected chi connectivity index (χ3v) is 9.11. The van der Waals surface area contributed by atoms with Crippen LogP contribution in [0.5, 0.6) is 0 Å². The summed E-state index contributed by atoms with van der Waals surface area (Å²) in [6.07, 6.45) is 0. The number of rotatable bonds is 6. The smallest absolute Gasteiger partial charge is 0.253 e. The van der Waals surface area contributed by atoms with Gasteiger partial charge in [0.15, 0.2) is 0 Å². The second-order valence-corrected chi connectivity index (χ2v) is 11.5. The Labute approximate surface area is 209 Å². The van der Waals surface area contributed by atoms with Crippen LogP contribution >= 0.6 is 81.4 Å². The van der Waals surface area contributed by atoms with Crippen LogP contribution in [0, 0.1) is 5.92 Å². The Bertz CT molecular complexity index is 974. The second kappa shape index (κ2) is 8.97. The van der Waals surface area contributed by atoms with E-state index >= 15 is 0 Å². The highest BCUT2D eigenvalue weighted by Gasteiger charge is 2.63. The van der Waals surface area contributed by atoms with Crippen LogP contribution in [0.15, 0.2) is 30.3 Å². The molecule has 2 N–H and O–H groups in total. The van der Waals surface area contributed by atoms with Crippen LogP contribution in [0.2, 0.25) is 20.1 Å². The van der Waals surface area contributed by atoms with E-state index < -0.39 is 4.33 Å². The van der Waals surface area contributed by atoms with Gasteiger partial charge >= 0.3 is 0 Å². The van der Waals surface area contributed by atoms with Gasteiger partial charge in [-0.3, -0.25) is 4.79 Å². The standard InChI is InChI=1S/C20H16Cl6N2OS/c21-14-2-1-10(5-12(14)19(29)28-11-7-30-8-11)27-6-13-17(20(13,25)26)9-3-15(22)18(24)16(23)4-9/h1-5,11,13,17,27H,6-8H2,(H,28,29). The number of hydrogen-bond donors (Lipinski definition) is 2. The minimum Gasteiger partial charge on any atom is -0.385 e. The average Bonchev–Trinajstić information content (AvgIpc) is 3.21. The van der Waals surface area contributed by atoms with Gasteiger partial charge in [-0.2, -0.15) is 11.8 Å². The van der Waals surface area contributed by atoms with E-state index in [1.54, 1.807) is 36.0 Å². The molecule has 1 saturated carbocycles. The molecular formula is C20H16Cl6N2OS. The molecule has 30 heavy (non-hydrogen) atoms. The summed E-state index contributed by atoms with van der Waals surface area (Å²) in [4.78, 5) is 12.5. The zero-order chi connectivity index (χ0) is 21.6. The molecule has 2 unspecified atom stereocenters. The number of amides is 1. The Hall–Kier alpha value is -0.200. The number of benzene rings is 2. The molecule has 1 saturated heterocycles. The van der Waals surface area contributed by atoms with Crippen LogP contribution < -0.4 is 10.6 Å². The zero-order valence-electron chi connectivity index (χ0n) is 15.3. The van der Waals surface area contributed by atoms with Crippen LogP contribution in [0.3, 0.4) is 0 Å². The fourth-order valence-corrected chi connectivity index (χ4v) is 5.76. The molecule has 1 heterocycles. The lowest BCUT2D eigenvalue weighted by Gasteiger charge is -2.26. The normalized spacial score (nSPS) is 22.3. The predicted molar refractivity (Wildman–Crippen MR) is 131 cm³/mol. The van der Waals surface area contributed by atoms with E-state index in [-0.39, 0.29) is 23.8 Å². The minimum absolute atomic E-state index is 0.0749. The molecule has 4 rings (SSSR count). The van der Waals surface area contributed by atoms with Gasteiger partial charge in [0.1, 0.15) is 4.33 Å². The summed E-state index contributed by atoms with van der Waals surface area (Å²) < 4.78 is -0.956. The highest BCUT2D eigenvalue weighted by atomic mass is 35.5. The molecule has 160 valence electrons. The maximum Gasteiger partial charge on any atom is 0.253 e. The lowest BCUT2D eigenvalue weighted by Crippen LogP contribution is -2.43. The van der Waals surface area contributed by atoms with Gasteiger partial charge in [0.25, 0.3) is 5.91 Å². The predicted octanol–water partition coefficient (Wildman–Crippen LogP) is 7.14. The first-order valence-corrected chi connectivity index (χ1v) is 12.5. The summed E-state index contributed by atoms with van der Waals surface area (Å²) in [7, 11) is 0. The van der Waals surface area contributed by atoms with Crippen LogP contribution in [0.25, 0.3) is 0 Å². The van der Waals surface area contributed by atoms with E-state index in [1.165, 1.54) is 0 Å². The number of carbonyl (C=O) groups is 1. The van der Waals surface area contributed by atoms with E-state index in [4.69, 9.17) is 69.6 Å². The molecule has 1 aliphatic carbocycles. The molecule has 2 aliphatic rings. The molecule has 1 amide bonds. The van der Waals surface area contributed by atoms with Crippen molar-refractivity contribution in [2.45, 2.75) is 16.3 Å². The number of hydrogen-bond acceptors (Lipinski definition) is 3. The molecule has 0 aromatic heterocycles. The Morgan fingerprint density at radius 3 is 2.30 bits per heavy atom. The summed E-state index contributed by atoms with van der Waals surface area (Å²) >= 11 is 39.4. The summed E-state index contributed by atoms with van der Waals surface area (Å²) in [6.45, 7) is 0.498. The molecule has 3 nitrogen and oxygen atoms in total. The quantitative estimate of drug-likeness (QED) is 0.300. The number of anilines is 1. The summed E-state index contributed by atoms with van der Waals surface area (Å²) in [5, 5.41) is 7.72. The molecule has 2 atom stereocenters. The molecule has 2 fully saturated rings. The minimum atomic E-state index is -0.956.